The van der Waals surface area contributed by atoms with Crippen molar-refractivity contribution in [1.29, 1.82) is 0 Å². The van der Waals surface area contributed by atoms with Crippen LogP contribution in [-0.2, 0) is 4.79 Å². The number of nitrogens with zero attached hydrogens (tertiary/aromatic N) is 3. The molecule has 8 nitrogen and oxygen atoms in total. The largest absolute Gasteiger partial charge is 0.353 e. The zero-order valence-corrected chi connectivity index (χ0v) is 11.2. The summed E-state index contributed by atoms with van der Waals surface area (Å²) in [5.74, 6) is 0.533. The van der Waals surface area contributed by atoms with Gasteiger partial charge in [-0.2, -0.15) is 0 Å². The summed E-state index contributed by atoms with van der Waals surface area (Å²) in [5.41, 5.74) is -0.0809. The Bertz CT molecular complexity index is 741. The molecule has 2 aromatic rings. The predicted molar refractivity (Wildman–Crippen MR) is 74.7 cm³/mol. The van der Waals surface area contributed by atoms with Gasteiger partial charge in [0.05, 0.1) is 11.9 Å². The van der Waals surface area contributed by atoms with Gasteiger partial charge in [0.25, 0.3) is 5.91 Å². The lowest BCUT2D eigenvalue weighted by atomic mass is 9.89. The van der Waals surface area contributed by atoms with Gasteiger partial charge in [-0.3, -0.25) is 10.1 Å². The number of rotatable bonds is 1. The number of amides is 3. The maximum absolute atomic E-state index is 12.1. The molecule has 108 valence electrons. The van der Waals surface area contributed by atoms with Crippen LogP contribution in [-0.4, -0.2) is 45.5 Å². The summed E-state index contributed by atoms with van der Waals surface area (Å²) < 4.78 is 0. The van der Waals surface area contributed by atoms with Crippen molar-refractivity contribution < 1.29 is 9.59 Å². The van der Waals surface area contributed by atoms with E-state index in [-0.39, 0.29) is 5.91 Å². The maximum Gasteiger partial charge on any atom is 0.322 e. The van der Waals surface area contributed by atoms with Crippen LogP contribution in [0, 0.1) is 0 Å². The third kappa shape index (κ3) is 1.75. The van der Waals surface area contributed by atoms with Gasteiger partial charge < -0.3 is 15.2 Å². The second kappa shape index (κ2) is 4.18. The van der Waals surface area contributed by atoms with Crippen molar-refractivity contribution in [3.8, 4) is 0 Å². The lowest BCUT2D eigenvalue weighted by Gasteiger charge is -2.38. The normalized spacial score (nSPS) is 25.4. The van der Waals surface area contributed by atoms with Gasteiger partial charge in [0.15, 0.2) is 0 Å². The molecule has 2 aromatic heterocycles. The predicted octanol–water partition coefficient (Wildman–Crippen LogP) is 0.136. The number of hydrogen-bond acceptors (Lipinski definition) is 5. The molecule has 3 N–H and O–H groups in total. The molecule has 4 rings (SSSR count). The lowest BCUT2D eigenvalue weighted by Crippen LogP contribution is -2.58. The summed E-state index contributed by atoms with van der Waals surface area (Å²) in [6, 6.07) is 1.50. The first kappa shape index (κ1) is 12.1. The average molecular weight is 286 g/mol. The summed E-state index contributed by atoms with van der Waals surface area (Å²) in [5, 5.41) is 6.01. The van der Waals surface area contributed by atoms with E-state index in [0.29, 0.717) is 13.0 Å². The minimum Gasteiger partial charge on any atom is -0.353 e. The van der Waals surface area contributed by atoms with Crippen molar-refractivity contribution in [2.75, 3.05) is 18.0 Å². The van der Waals surface area contributed by atoms with E-state index in [1.165, 1.54) is 6.33 Å². The van der Waals surface area contributed by atoms with Crippen molar-refractivity contribution in [1.82, 2.24) is 25.6 Å². The molecule has 1 spiro atoms. The number of carbonyl (C=O) groups is 2. The number of carbonyl (C=O) groups excluding carboxylic acids is 2. The molecule has 1 unspecified atom stereocenters. The Morgan fingerprint density at radius 2 is 2.19 bits per heavy atom. The monoisotopic (exact) mass is 286 g/mol. The highest BCUT2D eigenvalue weighted by Crippen LogP contribution is 2.30. The first-order valence-corrected chi connectivity index (χ1v) is 6.85. The van der Waals surface area contributed by atoms with E-state index in [0.717, 1.165) is 29.8 Å². The van der Waals surface area contributed by atoms with E-state index in [9.17, 15) is 9.59 Å². The van der Waals surface area contributed by atoms with Crippen LogP contribution < -0.4 is 15.5 Å². The number of aromatic nitrogens is 3. The zero-order chi connectivity index (χ0) is 14.4. The molecule has 8 heteroatoms. The number of hydrogen-bond donors (Lipinski definition) is 3. The smallest absolute Gasteiger partial charge is 0.322 e. The van der Waals surface area contributed by atoms with Gasteiger partial charge in [0.1, 0.15) is 23.3 Å². The number of anilines is 1. The number of imide groups is 1. The van der Waals surface area contributed by atoms with Crippen LogP contribution in [0.15, 0.2) is 18.6 Å². The van der Waals surface area contributed by atoms with Crippen LogP contribution in [0.2, 0.25) is 0 Å². The third-order valence-electron chi connectivity index (χ3n) is 4.14. The molecule has 2 fully saturated rings. The molecule has 0 radical (unpaired) electrons. The first-order chi connectivity index (χ1) is 10.2. The standard InChI is InChI=1S/C13H14N6O2/c20-11-13(18-12(21)17-11)3-1-5-19(6-13)10-8-2-4-14-9(8)15-7-16-10/h2,4,7H,1,3,5-6H2,(H,14,15,16)(H2,17,18,20,21). The highest BCUT2D eigenvalue weighted by atomic mass is 16.2. The van der Waals surface area contributed by atoms with Gasteiger partial charge in [-0.25, -0.2) is 14.8 Å². The fraction of sp³-hybridized carbons (Fsp3) is 0.385. The molecule has 4 heterocycles. The maximum atomic E-state index is 12.1. The first-order valence-electron chi connectivity index (χ1n) is 6.85. The number of urea groups is 1. The number of nitrogens with one attached hydrogen (secondary N) is 3. The van der Waals surface area contributed by atoms with E-state index < -0.39 is 11.6 Å². The Balaban J connectivity index is 1.71. The molecular formula is C13H14N6O2. The Hall–Kier alpha value is -2.64. The molecule has 3 amide bonds. The second-order valence-electron chi connectivity index (χ2n) is 5.45. The Kier molecular flexibility index (Phi) is 2.41. The number of piperidine rings is 1. The van der Waals surface area contributed by atoms with Crippen LogP contribution >= 0.6 is 0 Å². The second-order valence-corrected chi connectivity index (χ2v) is 5.45. The highest BCUT2D eigenvalue weighted by Gasteiger charge is 2.49. The lowest BCUT2D eigenvalue weighted by molar-refractivity contribution is -0.124. The zero-order valence-electron chi connectivity index (χ0n) is 11.2. The van der Waals surface area contributed by atoms with E-state index in [2.05, 4.69) is 25.6 Å². The fourth-order valence-electron chi connectivity index (χ4n) is 3.16. The van der Waals surface area contributed by atoms with Crippen molar-refractivity contribution in [2.45, 2.75) is 18.4 Å². The van der Waals surface area contributed by atoms with Crippen LogP contribution in [0.5, 0.6) is 0 Å². The summed E-state index contributed by atoms with van der Waals surface area (Å²) in [7, 11) is 0. The topological polar surface area (TPSA) is 103 Å². The summed E-state index contributed by atoms with van der Waals surface area (Å²) in [4.78, 5) is 37.1. The number of H-pyrrole nitrogens is 1. The van der Waals surface area contributed by atoms with E-state index >= 15 is 0 Å². The molecule has 21 heavy (non-hydrogen) atoms. The Morgan fingerprint density at radius 3 is 3.00 bits per heavy atom. The fourth-order valence-corrected chi connectivity index (χ4v) is 3.16. The molecule has 0 aromatic carbocycles. The molecule has 2 aliphatic heterocycles. The van der Waals surface area contributed by atoms with Crippen molar-refractivity contribution in [3.05, 3.63) is 18.6 Å². The number of aromatic amines is 1. The van der Waals surface area contributed by atoms with Gasteiger partial charge in [-0.15, -0.1) is 0 Å². The van der Waals surface area contributed by atoms with E-state index in [1.54, 1.807) is 0 Å². The molecule has 2 saturated heterocycles. The van der Waals surface area contributed by atoms with Crippen LogP contribution in [0.1, 0.15) is 12.8 Å². The third-order valence-corrected chi connectivity index (χ3v) is 4.14. The van der Waals surface area contributed by atoms with Gasteiger partial charge in [-0.05, 0) is 18.9 Å². The minimum atomic E-state index is -0.844. The van der Waals surface area contributed by atoms with Crippen molar-refractivity contribution in [3.63, 3.8) is 0 Å². The highest BCUT2D eigenvalue weighted by molar-refractivity contribution is 6.07. The van der Waals surface area contributed by atoms with Gasteiger partial charge in [0.2, 0.25) is 0 Å². The summed E-state index contributed by atoms with van der Waals surface area (Å²) in [6.07, 6.45) is 4.77. The molecule has 0 aliphatic carbocycles. The van der Waals surface area contributed by atoms with Gasteiger partial charge >= 0.3 is 6.03 Å². The van der Waals surface area contributed by atoms with Crippen molar-refractivity contribution in [2.24, 2.45) is 0 Å². The molecule has 2 aliphatic rings. The number of fused-ring (bicyclic) bond motifs is 1. The summed E-state index contributed by atoms with van der Waals surface area (Å²) in [6.45, 7) is 1.21. The van der Waals surface area contributed by atoms with Gasteiger partial charge in [-0.1, -0.05) is 0 Å². The Morgan fingerprint density at radius 1 is 1.29 bits per heavy atom. The molecular weight excluding hydrogens is 272 g/mol. The van der Waals surface area contributed by atoms with Crippen LogP contribution in [0.4, 0.5) is 10.6 Å². The van der Waals surface area contributed by atoms with Gasteiger partial charge in [0, 0.05) is 12.7 Å². The van der Waals surface area contributed by atoms with Crippen molar-refractivity contribution >= 4 is 28.8 Å². The summed E-state index contributed by atoms with van der Waals surface area (Å²) >= 11 is 0. The molecule has 0 saturated carbocycles. The quantitative estimate of drug-likeness (QED) is 0.647. The van der Waals surface area contributed by atoms with E-state index in [4.69, 9.17) is 0 Å². The molecule has 0 bridgehead atoms. The Labute approximate surface area is 119 Å². The van der Waals surface area contributed by atoms with E-state index in [1.807, 2.05) is 17.2 Å². The minimum absolute atomic E-state index is 0.253. The SMILES string of the molecule is O=C1NC(=O)C2(CCCN(c3ncnc4[nH]ccc34)C2)N1. The molecule has 1 atom stereocenters. The van der Waals surface area contributed by atoms with Crippen LogP contribution in [0.25, 0.3) is 11.0 Å². The average Bonchev–Trinajstić information content (AvgIpc) is 3.04. The van der Waals surface area contributed by atoms with Crippen LogP contribution in [0.3, 0.4) is 0 Å².